The fourth-order valence-corrected chi connectivity index (χ4v) is 3.39. The van der Waals surface area contributed by atoms with Crippen LogP contribution in [0.4, 0.5) is 5.69 Å². The van der Waals surface area contributed by atoms with Gasteiger partial charge in [0.05, 0.1) is 17.8 Å². The Bertz CT molecular complexity index is 887. The van der Waals surface area contributed by atoms with Crippen LogP contribution in [-0.2, 0) is 17.6 Å². The largest absolute Gasteiger partial charge is 0.361 e. The van der Waals surface area contributed by atoms with Crippen molar-refractivity contribution < 1.29 is 4.79 Å². The number of rotatable bonds is 2. The van der Waals surface area contributed by atoms with Crippen molar-refractivity contribution in [3.05, 3.63) is 59.0 Å². The van der Waals surface area contributed by atoms with Crippen molar-refractivity contribution in [3.8, 4) is 0 Å². The van der Waals surface area contributed by atoms with E-state index in [0.717, 1.165) is 47.2 Å². The molecule has 0 radical (unpaired) electrons. The maximum absolute atomic E-state index is 12.8. The highest BCUT2D eigenvalue weighted by atomic mass is 35.5. The molecule has 1 aliphatic rings. The zero-order chi connectivity index (χ0) is 15.8. The van der Waals surface area contributed by atoms with Gasteiger partial charge in [0.1, 0.15) is 0 Å². The number of hydrogen-bond acceptors (Lipinski definition) is 2. The van der Waals surface area contributed by atoms with E-state index in [9.17, 15) is 4.79 Å². The Morgan fingerprint density at radius 3 is 3.17 bits per heavy atom. The van der Waals surface area contributed by atoms with Gasteiger partial charge in [0.2, 0.25) is 5.91 Å². The number of aromatic nitrogens is 2. The summed E-state index contributed by atoms with van der Waals surface area (Å²) in [5.74, 6) is 0.106. The molecule has 1 amide bonds. The van der Waals surface area contributed by atoms with E-state index in [2.05, 4.69) is 9.97 Å². The van der Waals surface area contributed by atoms with Gasteiger partial charge in [0.25, 0.3) is 0 Å². The van der Waals surface area contributed by atoms with Crippen LogP contribution in [0.3, 0.4) is 0 Å². The van der Waals surface area contributed by atoms with Crippen molar-refractivity contribution in [2.24, 2.45) is 0 Å². The van der Waals surface area contributed by atoms with Crippen LogP contribution in [0.2, 0.25) is 5.02 Å². The van der Waals surface area contributed by atoms with Crippen LogP contribution in [0.5, 0.6) is 0 Å². The fourth-order valence-electron chi connectivity index (χ4n) is 3.22. The number of anilines is 1. The first-order valence-corrected chi connectivity index (χ1v) is 8.10. The van der Waals surface area contributed by atoms with Gasteiger partial charge in [-0.05, 0) is 42.7 Å². The third kappa shape index (κ3) is 2.59. The Kier molecular flexibility index (Phi) is 3.54. The van der Waals surface area contributed by atoms with Gasteiger partial charge in [-0.1, -0.05) is 17.7 Å². The number of benzene rings is 1. The summed E-state index contributed by atoms with van der Waals surface area (Å²) in [6.07, 6.45) is 5.95. The number of carbonyl (C=O) groups excluding carboxylic acids is 1. The minimum Gasteiger partial charge on any atom is -0.361 e. The van der Waals surface area contributed by atoms with Crippen molar-refractivity contribution in [1.82, 2.24) is 9.97 Å². The first-order valence-electron chi connectivity index (χ1n) is 7.72. The van der Waals surface area contributed by atoms with E-state index < -0.39 is 0 Å². The van der Waals surface area contributed by atoms with Crippen LogP contribution < -0.4 is 4.90 Å². The topological polar surface area (TPSA) is 49.0 Å². The molecular formula is C18H16ClN3O. The number of carbonyl (C=O) groups is 1. The number of fused-ring (bicyclic) bond motifs is 2. The summed E-state index contributed by atoms with van der Waals surface area (Å²) in [7, 11) is 0. The smallest absolute Gasteiger partial charge is 0.231 e. The van der Waals surface area contributed by atoms with Crippen molar-refractivity contribution >= 4 is 34.1 Å². The lowest BCUT2D eigenvalue weighted by Gasteiger charge is -2.28. The summed E-state index contributed by atoms with van der Waals surface area (Å²) in [6, 6.07) is 9.56. The van der Waals surface area contributed by atoms with Crippen LogP contribution in [-0.4, -0.2) is 22.4 Å². The Morgan fingerprint density at radius 1 is 1.35 bits per heavy atom. The second-order valence-electron chi connectivity index (χ2n) is 5.80. The summed E-state index contributed by atoms with van der Waals surface area (Å²) in [6.45, 7) is 0.756. The lowest BCUT2D eigenvalue weighted by atomic mass is 10.1. The lowest BCUT2D eigenvalue weighted by Crippen LogP contribution is -2.36. The molecule has 1 aromatic carbocycles. The predicted molar refractivity (Wildman–Crippen MR) is 91.9 cm³/mol. The SMILES string of the molecule is O=C(Cc1c[nH]c2cc(Cl)ccc12)N1CCCc2ncccc21. The molecule has 1 aliphatic heterocycles. The van der Waals surface area contributed by atoms with Crippen LogP contribution in [0.25, 0.3) is 10.9 Å². The van der Waals surface area contributed by atoms with Gasteiger partial charge in [0.15, 0.2) is 0 Å². The third-order valence-electron chi connectivity index (χ3n) is 4.32. The van der Waals surface area contributed by atoms with Crippen molar-refractivity contribution in [2.45, 2.75) is 19.3 Å². The van der Waals surface area contributed by atoms with Gasteiger partial charge in [-0.2, -0.15) is 0 Å². The van der Waals surface area contributed by atoms with Crippen LogP contribution >= 0.6 is 11.6 Å². The van der Waals surface area contributed by atoms with Crippen molar-refractivity contribution in [3.63, 3.8) is 0 Å². The van der Waals surface area contributed by atoms with E-state index in [1.54, 1.807) is 6.20 Å². The minimum absolute atomic E-state index is 0.106. The van der Waals surface area contributed by atoms with Gasteiger partial charge in [-0.25, -0.2) is 0 Å². The monoisotopic (exact) mass is 325 g/mol. The quantitative estimate of drug-likeness (QED) is 0.780. The minimum atomic E-state index is 0.106. The first-order chi connectivity index (χ1) is 11.2. The Hall–Kier alpha value is -2.33. The Morgan fingerprint density at radius 2 is 2.26 bits per heavy atom. The molecule has 4 rings (SSSR count). The van der Waals surface area contributed by atoms with Crippen LogP contribution in [0, 0.1) is 0 Å². The molecule has 0 aliphatic carbocycles. The number of pyridine rings is 1. The maximum Gasteiger partial charge on any atom is 0.231 e. The van der Waals surface area contributed by atoms with Crippen LogP contribution in [0.1, 0.15) is 17.7 Å². The zero-order valence-electron chi connectivity index (χ0n) is 12.6. The molecule has 4 nitrogen and oxygen atoms in total. The highest BCUT2D eigenvalue weighted by molar-refractivity contribution is 6.31. The number of halogens is 1. The van der Waals surface area contributed by atoms with E-state index in [1.165, 1.54) is 0 Å². The Balaban J connectivity index is 1.63. The normalized spacial score (nSPS) is 14.0. The molecule has 23 heavy (non-hydrogen) atoms. The molecule has 116 valence electrons. The van der Waals surface area contributed by atoms with Crippen molar-refractivity contribution in [1.29, 1.82) is 0 Å². The van der Waals surface area contributed by atoms with Crippen molar-refractivity contribution in [2.75, 3.05) is 11.4 Å². The molecule has 0 fully saturated rings. The first kappa shape index (κ1) is 14.3. The zero-order valence-corrected chi connectivity index (χ0v) is 13.3. The fraction of sp³-hybridized carbons (Fsp3) is 0.222. The molecule has 0 spiro atoms. The van der Waals surface area contributed by atoms with E-state index in [4.69, 9.17) is 11.6 Å². The maximum atomic E-state index is 12.8. The molecule has 5 heteroatoms. The second-order valence-corrected chi connectivity index (χ2v) is 6.24. The van der Waals surface area contributed by atoms with E-state index in [1.807, 2.05) is 41.4 Å². The van der Waals surface area contributed by atoms with E-state index in [0.29, 0.717) is 11.4 Å². The summed E-state index contributed by atoms with van der Waals surface area (Å²) >= 11 is 6.01. The average molecular weight is 326 g/mol. The number of H-pyrrole nitrogens is 1. The Labute approximate surface area is 139 Å². The molecule has 1 N–H and O–H groups in total. The second kappa shape index (κ2) is 5.70. The molecule has 0 atom stereocenters. The summed E-state index contributed by atoms with van der Waals surface area (Å²) < 4.78 is 0. The van der Waals surface area contributed by atoms with E-state index in [-0.39, 0.29) is 5.91 Å². The highest BCUT2D eigenvalue weighted by Crippen LogP contribution is 2.27. The molecular weight excluding hydrogens is 310 g/mol. The third-order valence-corrected chi connectivity index (χ3v) is 4.56. The van der Waals surface area contributed by atoms with Gasteiger partial charge in [-0.3, -0.25) is 9.78 Å². The van der Waals surface area contributed by atoms with Gasteiger partial charge >= 0.3 is 0 Å². The molecule has 3 aromatic rings. The number of nitrogens with one attached hydrogen (secondary N) is 1. The summed E-state index contributed by atoms with van der Waals surface area (Å²) in [5.41, 5.74) is 3.92. The van der Waals surface area contributed by atoms with E-state index >= 15 is 0 Å². The number of aryl methyl sites for hydroxylation is 1. The molecule has 0 saturated carbocycles. The number of hydrogen-bond donors (Lipinski definition) is 1. The molecule has 2 aromatic heterocycles. The summed E-state index contributed by atoms with van der Waals surface area (Å²) in [5, 5.41) is 1.74. The summed E-state index contributed by atoms with van der Waals surface area (Å²) in [4.78, 5) is 22.2. The standard InChI is InChI=1S/C18H16ClN3O/c19-13-5-6-14-12(11-21-16(14)10-13)9-18(23)22-8-2-3-15-17(22)4-1-7-20-15/h1,4-7,10-11,21H,2-3,8-9H2. The molecule has 3 heterocycles. The average Bonchev–Trinajstić information content (AvgIpc) is 2.96. The lowest BCUT2D eigenvalue weighted by molar-refractivity contribution is -0.118. The molecule has 0 unspecified atom stereocenters. The number of aromatic amines is 1. The van der Waals surface area contributed by atoms with Crippen LogP contribution in [0.15, 0.2) is 42.7 Å². The van der Waals surface area contributed by atoms with Gasteiger partial charge in [-0.15, -0.1) is 0 Å². The molecule has 0 saturated heterocycles. The van der Waals surface area contributed by atoms with Gasteiger partial charge < -0.3 is 9.88 Å². The highest BCUT2D eigenvalue weighted by Gasteiger charge is 2.23. The molecule has 0 bridgehead atoms. The predicted octanol–water partition coefficient (Wildman–Crippen LogP) is 3.74. The number of amides is 1. The van der Waals surface area contributed by atoms with Gasteiger partial charge in [0, 0.05) is 34.9 Å². The number of nitrogens with zero attached hydrogens (tertiary/aromatic N) is 2.